The third kappa shape index (κ3) is 5.04. The number of benzene rings is 1. The number of thiocarbonyl (C=S) groups is 1. The van der Waals surface area contributed by atoms with E-state index >= 15 is 0 Å². The molecule has 1 heterocycles. The minimum absolute atomic E-state index is 0. The van der Waals surface area contributed by atoms with Crippen molar-refractivity contribution in [1.82, 2.24) is 10.2 Å². The Hall–Kier alpha value is -1.33. The molecule has 6 heteroatoms. The van der Waals surface area contributed by atoms with Crippen LogP contribution in [0, 0.1) is 0 Å². The third-order valence-corrected chi connectivity index (χ3v) is 3.00. The van der Waals surface area contributed by atoms with Gasteiger partial charge in [-0.25, -0.2) is 4.99 Å². The van der Waals surface area contributed by atoms with Crippen molar-refractivity contribution in [3.05, 3.63) is 35.9 Å². The van der Waals surface area contributed by atoms with Crippen LogP contribution in [-0.2, 0) is 6.54 Å². The Labute approximate surface area is 125 Å². The maximum atomic E-state index is 5.54. The highest BCUT2D eigenvalue weighted by Gasteiger charge is 2.16. The summed E-state index contributed by atoms with van der Waals surface area (Å²) >= 11 is 4.90. The number of aliphatic imine (C=N–C) groups is 1. The van der Waals surface area contributed by atoms with Crippen LogP contribution in [0.15, 0.2) is 35.3 Å². The van der Waals surface area contributed by atoms with Gasteiger partial charge in [-0.05, 0) is 30.6 Å². The number of rotatable bonds is 2. The Kier molecular flexibility index (Phi) is 6.59. The predicted molar refractivity (Wildman–Crippen MR) is 85.6 cm³/mol. The highest BCUT2D eigenvalue weighted by atomic mass is 35.5. The summed E-state index contributed by atoms with van der Waals surface area (Å²) in [5.74, 6) is 0.795. The molecule has 4 nitrogen and oxygen atoms in total. The minimum atomic E-state index is 0. The molecule has 0 saturated carbocycles. The quantitative estimate of drug-likeness (QED) is 0.497. The van der Waals surface area contributed by atoms with Gasteiger partial charge < -0.3 is 16.0 Å². The van der Waals surface area contributed by atoms with Crippen LogP contribution in [-0.4, -0.2) is 29.1 Å². The average molecular weight is 299 g/mol. The lowest BCUT2D eigenvalue weighted by atomic mass is 10.2. The Bertz CT molecular complexity index is 430. The smallest absolute Gasteiger partial charge is 0.200 e. The predicted octanol–water partition coefficient (Wildman–Crippen LogP) is 1.89. The van der Waals surface area contributed by atoms with Crippen molar-refractivity contribution in [2.24, 2.45) is 10.7 Å². The first-order valence-corrected chi connectivity index (χ1v) is 6.56. The van der Waals surface area contributed by atoms with E-state index < -0.39 is 0 Å². The van der Waals surface area contributed by atoms with Crippen LogP contribution in [0.3, 0.4) is 0 Å². The van der Waals surface area contributed by atoms with Gasteiger partial charge in [-0.3, -0.25) is 0 Å². The van der Waals surface area contributed by atoms with Crippen molar-refractivity contribution in [2.45, 2.75) is 19.4 Å². The summed E-state index contributed by atoms with van der Waals surface area (Å²) in [6.45, 7) is 2.68. The zero-order valence-corrected chi connectivity index (χ0v) is 12.3. The fraction of sp³-hybridized carbons (Fsp3) is 0.385. The number of nitrogens with one attached hydrogen (secondary N) is 1. The lowest BCUT2D eigenvalue weighted by molar-refractivity contribution is 0.503. The van der Waals surface area contributed by atoms with Gasteiger partial charge in [-0.1, -0.05) is 30.3 Å². The molecule has 104 valence electrons. The Morgan fingerprint density at radius 1 is 1.26 bits per heavy atom. The van der Waals surface area contributed by atoms with Crippen molar-refractivity contribution >= 4 is 35.7 Å². The van der Waals surface area contributed by atoms with Gasteiger partial charge in [0.1, 0.15) is 0 Å². The van der Waals surface area contributed by atoms with Crippen molar-refractivity contribution < 1.29 is 0 Å². The Morgan fingerprint density at radius 2 is 1.89 bits per heavy atom. The van der Waals surface area contributed by atoms with Crippen LogP contribution in [0.1, 0.15) is 18.4 Å². The number of guanidine groups is 1. The average Bonchev–Trinajstić information content (AvgIpc) is 2.89. The molecule has 0 unspecified atom stereocenters. The second kappa shape index (κ2) is 7.96. The molecule has 0 amide bonds. The molecule has 0 spiro atoms. The first-order chi connectivity index (χ1) is 8.75. The normalized spacial score (nSPS) is 14.9. The van der Waals surface area contributed by atoms with Crippen molar-refractivity contribution in [3.63, 3.8) is 0 Å². The SMILES string of the molecule is Cl.NC(=S)NC(=NCc1ccccc1)N1CCCC1. The second-order valence-corrected chi connectivity index (χ2v) is 4.75. The lowest BCUT2D eigenvalue weighted by Gasteiger charge is -2.20. The van der Waals surface area contributed by atoms with E-state index in [1.807, 2.05) is 18.2 Å². The highest BCUT2D eigenvalue weighted by molar-refractivity contribution is 7.80. The molecule has 2 rings (SSSR count). The molecule has 1 saturated heterocycles. The van der Waals surface area contributed by atoms with Crippen molar-refractivity contribution in [3.8, 4) is 0 Å². The summed E-state index contributed by atoms with van der Waals surface area (Å²) in [6.07, 6.45) is 2.40. The Morgan fingerprint density at radius 3 is 2.47 bits per heavy atom. The number of hydrogen-bond donors (Lipinski definition) is 2. The standard InChI is InChI=1S/C13H18N4S.ClH/c14-12(18)16-13(17-8-4-5-9-17)15-10-11-6-2-1-3-7-11;/h1-3,6-7H,4-5,8-10H2,(H3,14,15,16,18);1H. The van der Waals surface area contributed by atoms with Crippen LogP contribution in [0.4, 0.5) is 0 Å². The molecule has 19 heavy (non-hydrogen) atoms. The lowest BCUT2D eigenvalue weighted by Crippen LogP contribution is -2.45. The van der Waals surface area contributed by atoms with E-state index in [1.165, 1.54) is 18.4 Å². The Balaban J connectivity index is 0.00000180. The van der Waals surface area contributed by atoms with Gasteiger partial charge in [0.25, 0.3) is 0 Å². The van der Waals surface area contributed by atoms with E-state index in [9.17, 15) is 0 Å². The number of nitrogens with zero attached hydrogens (tertiary/aromatic N) is 2. The van der Waals surface area contributed by atoms with Gasteiger partial charge in [0.05, 0.1) is 6.54 Å². The van der Waals surface area contributed by atoms with Gasteiger partial charge in [-0.2, -0.15) is 0 Å². The van der Waals surface area contributed by atoms with Gasteiger partial charge in [-0.15, -0.1) is 12.4 Å². The van der Waals surface area contributed by atoms with Crippen molar-refractivity contribution in [2.75, 3.05) is 13.1 Å². The summed E-state index contributed by atoms with van der Waals surface area (Å²) in [7, 11) is 0. The van der Waals surface area contributed by atoms with E-state index in [2.05, 4.69) is 27.3 Å². The first-order valence-electron chi connectivity index (χ1n) is 6.15. The second-order valence-electron chi connectivity index (χ2n) is 4.31. The van der Waals surface area contributed by atoms with Crippen LogP contribution in [0.5, 0.6) is 0 Å². The maximum Gasteiger partial charge on any atom is 0.200 e. The van der Waals surface area contributed by atoms with E-state index in [0.29, 0.717) is 6.54 Å². The largest absolute Gasteiger partial charge is 0.376 e. The zero-order chi connectivity index (χ0) is 12.8. The topological polar surface area (TPSA) is 53.6 Å². The molecular weight excluding hydrogens is 280 g/mol. The summed E-state index contributed by atoms with van der Waals surface area (Å²) < 4.78 is 0. The zero-order valence-electron chi connectivity index (χ0n) is 10.7. The maximum absolute atomic E-state index is 5.54. The molecule has 0 aromatic heterocycles. The highest BCUT2D eigenvalue weighted by Crippen LogP contribution is 2.08. The van der Waals surface area contributed by atoms with E-state index in [-0.39, 0.29) is 17.5 Å². The van der Waals surface area contributed by atoms with Crippen LogP contribution < -0.4 is 11.1 Å². The summed E-state index contributed by atoms with van der Waals surface area (Å²) in [5.41, 5.74) is 6.72. The molecule has 1 aromatic rings. The molecule has 0 atom stereocenters. The van der Waals surface area contributed by atoms with Gasteiger partial charge in [0.2, 0.25) is 5.96 Å². The molecule has 0 bridgehead atoms. The summed E-state index contributed by atoms with van der Waals surface area (Å²) in [4.78, 5) is 6.78. The van der Waals surface area contributed by atoms with Crippen LogP contribution in [0.2, 0.25) is 0 Å². The van der Waals surface area contributed by atoms with Crippen LogP contribution in [0.25, 0.3) is 0 Å². The molecule has 0 radical (unpaired) electrons. The van der Waals surface area contributed by atoms with Gasteiger partial charge >= 0.3 is 0 Å². The molecule has 1 aromatic carbocycles. The number of likely N-dealkylation sites (tertiary alicyclic amines) is 1. The number of nitrogens with two attached hydrogens (primary N) is 1. The van der Waals surface area contributed by atoms with Gasteiger partial charge in [0, 0.05) is 13.1 Å². The molecule has 3 N–H and O–H groups in total. The molecule has 1 aliphatic heterocycles. The fourth-order valence-electron chi connectivity index (χ4n) is 2.01. The first kappa shape index (κ1) is 15.7. The summed E-state index contributed by atoms with van der Waals surface area (Å²) in [5, 5.41) is 3.25. The fourth-order valence-corrected chi connectivity index (χ4v) is 2.10. The molecular formula is C13H19ClN4S. The third-order valence-electron chi connectivity index (χ3n) is 2.89. The monoisotopic (exact) mass is 298 g/mol. The molecule has 0 aliphatic carbocycles. The van der Waals surface area contributed by atoms with E-state index in [0.717, 1.165) is 19.0 Å². The van der Waals surface area contributed by atoms with E-state index in [1.54, 1.807) is 0 Å². The number of hydrogen-bond acceptors (Lipinski definition) is 2. The molecule has 1 aliphatic rings. The van der Waals surface area contributed by atoms with Crippen LogP contribution >= 0.6 is 24.6 Å². The van der Waals surface area contributed by atoms with Gasteiger partial charge in [0.15, 0.2) is 5.11 Å². The number of halogens is 1. The van der Waals surface area contributed by atoms with E-state index in [4.69, 9.17) is 18.0 Å². The minimum Gasteiger partial charge on any atom is -0.376 e. The molecule has 1 fully saturated rings. The van der Waals surface area contributed by atoms with Crippen molar-refractivity contribution in [1.29, 1.82) is 0 Å². The summed E-state index contributed by atoms with van der Waals surface area (Å²) in [6, 6.07) is 10.2.